The van der Waals surface area contributed by atoms with E-state index in [9.17, 15) is 9.59 Å². The average molecular weight is 442 g/mol. The monoisotopic (exact) mass is 441 g/mol. The lowest BCUT2D eigenvalue weighted by Gasteiger charge is -2.32. The molecule has 0 unspecified atom stereocenters. The highest BCUT2D eigenvalue weighted by Crippen LogP contribution is 2.28. The fourth-order valence-electron chi connectivity index (χ4n) is 4.59. The van der Waals surface area contributed by atoms with E-state index < -0.39 is 0 Å². The molecule has 0 atom stereocenters. The van der Waals surface area contributed by atoms with Crippen molar-refractivity contribution in [3.8, 4) is 0 Å². The number of ether oxygens (including phenoxy) is 1. The molecule has 1 heterocycles. The maximum Gasteiger partial charge on any atom is 0.307 e. The van der Waals surface area contributed by atoms with Gasteiger partial charge in [0.15, 0.2) is 6.61 Å². The zero-order valence-corrected chi connectivity index (χ0v) is 18.9. The van der Waals surface area contributed by atoms with Crippen molar-refractivity contribution in [2.45, 2.75) is 31.6 Å². The van der Waals surface area contributed by atoms with Crippen LogP contribution >= 0.6 is 0 Å². The minimum Gasteiger partial charge on any atom is -0.456 e. The third-order valence-electron chi connectivity index (χ3n) is 6.47. The summed E-state index contributed by atoms with van der Waals surface area (Å²) in [5.74, 6) is 0.0535. The highest BCUT2D eigenvalue weighted by molar-refractivity contribution is 5.81. The van der Waals surface area contributed by atoms with Gasteiger partial charge in [-0.25, -0.2) is 0 Å². The van der Waals surface area contributed by atoms with Crippen LogP contribution in [0.15, 0.2) is 91.0 Å². The first-order valence-electron chi connectivity index (χ1n) is 11.8. The van der Waals surface area contributed by atoms with Crippen LogP contribution in [0, 0.1) is 5.92 Å². The Bertz CT molecular complexity index is 973. The Morgan fingerprint density at radius 2 is 1.30 bits per heavy atom. The minimum atomic E-state index is -0.347. The van der Waals surface area contributed by atoms with Crippen molar-refractivity contribution in [3.63, 3.8) is 0 Å². The lowest BCUT2D eigenvalue weighted by atomic mass is 9.89. The van der Waals surface area contributed by atoms with Gasteiger partial charge in [0, 0.05) is 19.0 Å². The topological polar surface area (TPSA) is 46.6 Å². The number of piperidine rings is 1. The summed E-state index contributed by atoms with van der Waals surface area (Å²) in [4.78, 5) is 27.1. The van der Waals surface area contributed by atoms with Gasteiger partial charge in [0.2, 0.25) is 0 Å². The van der Waals surface area contributed by atoms with Crippen molar-refractivity contribution in [2.24, 2.45) is 5.92 Å². The third kappa shape index (κ3) is 6.55. The van der Waals surface area contributed by atoms with Crippen LogP contribution in [0.1, 0.15) is 41.9 Å². The van der Waals surface area contributed by atoms with Gasteiger partial charge >= 0.3 is 5.97 Å². The van der Waals surface area contributed by atoms with Gasteiger partial charge in [-0.2, -0.15) is 0 Å². The number of hydrogen-bond donors (Lipinski definition) is 0. The van der Waals surface area contributed by atoms with Gasteiger partial charge in [0.05, 0.1) is 6.42 Å². The Morgan fingerprint density at radius 3 is 1.85 bits per heavy atom. The van der Waals surface area contributed by atoms with E-state index in [0.717, 1.165) is 43.5 Å². The molecule has 4 rings (SSSR count). The highest BCUT2D eigenvalue weighted by Gasteiger charge is 2.25. The summed E-state index contributed by atoms with van der Waals surface area (Å²) in [6, 6.07) is 30.4. The zero-order valence-electron chi connectivity index (χ0n) is 18.9. The molecule has 3 aromatic rings. The number of amides is 1. The summed E-state index contributed by atoms with van der Waals surface area (Å²) >= 11 is 0. The van der Waals surface area contributed by atoms with Gasteiger partial charge < -0.3 is 9.64 Å². The van der Waals surface area contributed by atoms with Crippen molar-refractivity contribution in [1.29, 1.82) is 0 Å². The van der Waals surface area contributed by atoms with E-state index in [1.54, 1.807) is 0 Å². The Hall–Kier alpha value is -3.40. The molecule has 0 saturated carbocycles. The molecule has 0 aromatic heterocycles. The molecule has 1 fully saturated rings. The lowest BCUT2D eigenvalue weighted by molar-refractivity contribution is -0.152. The van der Waals surface area contributed by atoms with Gasteiger partial charge in [-0.1, -0.05) is 91.0 Å². The largest absolute Gasteiger partial charge is 0.456 e. The summed E-state index contributed by atoms with van der Waals surface area (Å²) in [7, 11) is 0. The molecule has 1 aliphatic rings. The molecule has 0 aliphatic carbocycles. The quantitative estimate of drug-likeness (QED) is 0.450. The first-order valence-corrected chi connectivity index (χ1v) is 11.8. The van der Waals surface area contributed by atoms with E-state index in [1.807, 2.05) is 71.6 Å². The molecule has 1 aliphatic heterocycles. The highest BCUT2D eigenvalue weighted by atomic mass is 16.5. The van der Waals surface area contributed by atoms with Crippen LogP contribution in [-0.2, 0) is 20.7 Å². The van der Waals surface area contributed by atoms with E-state index in [1.165, 1.54) is 5.56 Å². The maximum absolute atomic E-state index is 12.6. The molecule has 4 heteroatoms. The van der Waals surface area contributed by atoms with Crippen LogP contribution < -0.4 is 0 Å². The first-order chi connectivity index (χ1) is 16.2. The van der Waals surface area contributed by atoms with Crippen molar-refractivity contribution < 1.29 is 14.3 Å². The maximum atomic E-state index is 12.6. The predicted octanol–water partition coefficient (Wildman–Crippen LogP) is 5.23. The molecule has 0 bridgehead atoms. The molecule has 0 spiro atoms. The van der Waals surface area contributed by atoms with Gasteiger partial charge in [0.1, 0.15) is 0 Å². The number of nitrogens with zero attached hydrogens (tertiary/aromatic N) is 1. The SMILES string of the molecule is O=C(CC(c1ccccc1)c1ccccc1)OCC(=O)N1CCC(Cc2ccccc2)CC1. The van der Waals surface area contributed by atoms with E-state index in [0.29, 0.717) is 5.92 Å². The van der Waals surface area contributed by atoms with Crippen LogP contribution in [0.4, 0.5) is 0 Å². The third-order valence-corrected chi connectivity index (χ3v) is 6.47. The second-order valence-electron chi connectivity index (χ2n) is 8.75. The van der Waals surface area contributed by atoms with E-state index in [4.69, 9.17) is 4.74 Å². The normalized spacial score (nSPS) is 14.3. The predicted molar refractivity (Wildman–Crippen MR) is 130 cm³/mol. The summed E-state index contributed by atoms with van der Waals surface area (Å²) in [6.07, 6.45) is 3.23. The van der Waals surface area contributed by atoms with Crippen LogP contribution in [0.3, 0.4) is 0 Å². The molecule has 0 radical (unpaired) electrons. The minimum absolute atomic E-state index is 0.0938. The second-order valence-corrected chi connectivity index (χ2v) is 8.75. The Kier molecular flexibility index (Phi) is 7.91. The van der Waals surface area contributed by atoms with Gasteiger partial charge in [-0.3, -0.25) is 9.59 Å². The number of benzene rings is 3. The van der Waals surface area contributed by atoms with Crippen LogP contribution in [-0.4, -0.2) is 36.5 Å². The van der Waals surface area contributed by atoms with Gasteiger partial charge in [0.25, 0.3) is 5.91 Å². The molecule has 1 amide bonds. The molecule has 0 N–H and O–H groups in total. The summed E-state index contributed by atoms with van der Waals surface area (Å²) < 4.78 is 5.42. The number of rotatable bonds is 8. The van der Waals surface area contributed by atoms with Gasteiger partial charge in [-0.05, 0) is 41.9 Å². The Labute approximate surface area is 196 Å². The fraction of sp³-hybridized carbons (Fsp3) is 0.310. The van der Waals surface area contributed by atoms with Crippen molar-refractivity contribution in [3.05, 3.63) is 108 Å². The van der Waals surface area contributed by atoms with Crippen LogP contribution in [0.2, 0.25) is 0 Å². The molecule has 170 valence electrons. The zero-order chi connectivity index (χ0) is 22.9. The van der Waals surface area contributed by atoms with Crippen LogP contribution in [0.25, 0.3) is 0 Å². The van der Waals surface area contributed by atoms with E-state index in [-0.39, 0.29) is 30.8 Å². The number of likely N-dealkylation sites (tertiary alicyclic amines) is 1. The summed E-state index contributed by atoms with van der Waals surface area (Å²) in [6.45, 7) is 1.27. The standard InChI is InChI=1S/C29H31NO3/c31-28(30-18-16-24(17-19-30)20-23-10-4-1-5-11-23)22-33-29(32)21-27(25-12-6-2-7-13-25)26-14-8-3-9-15-26/h1-15,24,27H,16-22H2. The lowest BCUT2D eigenvalue weighted by Crippen LogP contribution is -2.41. The van der Waals surface area contributed by atoms with E-state index >= 15 is 0 Å². The number of carbonyl (C=O) groups is 2. The fourth-order valence-corrected chi connectivity index (χ4v) is 4.59. The smallest absolute Gasteiger partial charge is 0.307 e. The number of hydrogen-bond acceptors (Lipinski definition) is 3. The van der Waals surface area contributed by atoms with E-state index in [2.05, 4.69) is 24.3 Å². The molecular weight excluding hydrogens is 410 g/mol. The van der Waals surface area contributed by atoms with Gasteiger partial charge in [-0.15, -0.1) is 0 Å². The Balaban J connectivity index is 1.26. The molecular formula is C29H31NO3. The number of carbonyl (C=O) groups excluding carboxylic acids is 2. The summed E-state index contributed by atoms with van der Waals surface area (Å²) in [5.41, 5.74) is 3.47. The van der Waals surface area contributed by atoms with Crippen molar-refractivity contribution >= 4 is 11.9 Å². The Morgan fingerprint density at radius 1 is 0.788 bits per heavy atom. The molecule has 1 saturated heterocycles. The number of esters is 1. The second kappa shape index (κ2) is 11.5. The summed E-state index contributed by atoms with van der Waals surface area (Å²) in [5, 5.41) is 0. The molecule has 33 heavy (non-hydrogen) atoms. The molecule has 3 aromatic carbocycles. The average Bonchev–Trinajstić information content (AvgIpc) is 2.88. The molecule has 4 nitrogen and oxygen atoms in total. The van der Waals surface area contributed by atoms with Crippen molar-refractivity contribution in [1.82, 2.24) is 4.90 Å². The van der Waals surface area contributed by atoms with Crippen LogP contribution in [0.5, 0.6) is 0 Å². The first kappa shape index (κ1) is 22.8. The van der Waals surface area contributed by atoms with Crippen molar-refractivity contribution in [2.75, 3.05) is 19.7 Å².